The summed E-state index contributed by atoms with van der Waals surface area (Å²) < 4.78 is 12.1. The molecule has 1 aromatic carbocycles. The molecule has 20 heavy (non-hydrogen) atoms. The van der Waals surface area contributed by atoms with Crippen molar-refractivity contribution in [1.82, 2.24) is 0 Å². The quantitative estimate of drug-likeness (QED) is 0.886. The van der Waals surface area contributed by atoms with Crippen LogP contribution >= 0.6 is 15.9 Å². The van der Waals surface area contributed by atoms with E-state index >= 15 is 0 Å². The SMILES string of the molecule is CC1(C)C(C(O)c2cc3c(cc2Br)OCCO3)C1(C)C. The first-order valence-corrected chi connectivity index (χ1v) is 7.83. The largest absolute Gasteiger partial charge is 0.486 e. The van der Waals surface area contributed by atoms with Gasteiger partial charge in [0.05, 0.1) is 6.10 Å². The maximum absolute atomic E-state index is 10.8. The molecule has 0 amide bonds. The fourth-order valence-electron chi connectivity index (χ4n) is 3.52. The van der Waals surface area contributed by atoms with Crippen LogP contribution in [-0.4, -0.2) is 18.3 Å². The number of ether oxygens (including phenoxy) is 2. The van der Waals surface area contributed by atoms with Crippen molar-refractivity contribution >= 4 is 15.9 Å². The average Bonchev–Trinajstić information content (AvgIpc) is 2.78. The minimum absolute atomic E-state index is 0.138. The van der Waals surface area contributed by atoms with Gasteiger partial charge in [-0.3, -0.25) is 0 Å². The van der Waals surface area contributed by atoms with Gasteiger partial charge in [0.25, 0.3) is 0 Å². The Balaban J connectivity index is 1.95. The lowest BCUT2D eigenvalue weighted by atomic mass is 9.99. The fraction of sp³-hybridized carbons (Fsp3) is 0.625. The summed E-state index contributed by atoms with van der Waals surface area (Å²) in [6.45, 7) is 9.99. The average molecular weight is 341 g/mol. The second kappa shape index (κ2) is 4.38. The Morgan fingerprint density at radius 2 is 1.60 bits per heavy atom. The van der Waals surface area contributed by atoms with Crippen LogP contribution in [-0.2, 0) is 0 Å². The third kappa shape index (κ3) is 1.88. The van der Waals surface area contributed by atoms with E-state index in [1.54, 1.807) is 0 Å². The van der Waals surface area contributed by atoms with Gasteiger partial charge in [0.1, 0.15) is 13.2 Å². The van der Waals surface area contributed by atoms with Crippen LogP contribution in [0.5, 0.6) is 11.5 Å². The summed E-state index contributed by atoms with van der Waals surface area (Å²) in [4.78, 5) is 0. The van der Waals surface area contributed by atoms with Crippen molar-refractivity contribution in [2.45, 2.75) is 33.8 Å². The lowest BCUT2D eigenvalue weighted by Crippen LogP contribution is -2.16. The van der Waals surface area contributed by atoms with E-state index in [0.717, 1.165) is 21.5 Å². The lowest BCUT2D eigenvalue weighted by molar-refractivity contribution is 0.128. The molecule has 3 rings (SSSR count). The molecule has 2 aliphatic rings. The van der Waals surface area contributed by atoms with Gasteiger partial charge in [0, 0.05) is 10.4 Å². The van der Waals surface area contributed by atoms with Crippen molar-refractivity contribution in [2.24, 2.45) is 16.7 Å². The number of fused-ring (bicyclic) bond motifs is 1. The maximum atomic E-state index is 10.8. The minimum atomic E-state index is -0.495. The zero-order chi connectivity index (χ0) is 14.7. The van der Waals surface area contributed by atoms with Gasteiger partial charge in [-0.2, -0.15) is 0 Å². The molecule has 1 unspecified atom stereocenters. The first-order chi connectivity index (χ1) is 9.26. The summed E-state index contributed by atoms with van der Waals surface area (Å²) in [6.07, 6.45) is -0.495. The molecule has 4 heteroatoms. The Morgan fingerprint density at radius 3 is 2.10 bits per heavy atom. The van der Waals surface area contributed by atoms with Gasteiger partial charge in [-0.25, -0.2) is 0 Å². The van der Waals surface area contributed by atoms with Crippen LogP contribution in [0.3, 0.4) is 0 Å². The first-order valence-electron chi connectivity index (χ1n) is 7.04. The van der Waals surface area contributed by atoms with Crippen molar-refractivity contribution in [3.05, 3.63) is 22.2 Å². The topological polar surface area (TPSA) is 38.7 Å². The Bertz CT molecular complexity index is 537. The molecule has 1 N–H and O–H groups in total. The van der Waals surface area contributed by atoms with Gasteiger partial charge in [-0.15, -0.1) is 0 Å². The number of benzene rings is 1. The van der Waals surface area contributed by atoms with Crippen LogP contribution < -0.4 is 9.47 Å². The second-order valence-corrected chi connectivity index (χ2v) is 7.74. The molecular formula is C16H21BrO3. The van der Waals surface area contributed by atoms with Crippen LogP contribution in [0.2, 0.25) is 0 Å². The summed E-state index contributed by atoms with van der Waals surface area (Å²) in [5.74, 6) is 1.71. The van der Waals surface area contributed by atoms with E-state index in [-0.39, 0.29) is 16.7 Å². The van der Waals surface area contributed by atoms with Crippen LogP contribution in [0.25, 0.3) is 0 Å². The Hall–Kier alpha value is -0.740. The summed E-state index contributed by atoms with van der Waals surface area (Å²) >= 11 is 3.55. The monoisotopic (exact) mass is 340 g/mol. The van der Waals surface area contributed by atoms with Gasteiger partial charge in [-0.1, -0.05) is 43.6 Å². The molecule has 1 aliphatic carbocycles. The van der Waals surface area contributed by atoms with Crippen molar-refractivity contribution in [3.63, 3.8) is 0 Å². The van der Waals surface area contributed by atoms with E-state index < -0.39 is 6.10 Å². The summed E-state index contributed by atoms with van der Waals surface area (Å²) in [6, 6.07) is 3.81. The highest BCUT2D eigenvalue weighted by atomic mass is 79.9. The number of rotatable bonds is 2. The lowest BCUT2D eigenvalue weighted by Gasteiger charge is -2.22. The molecule has 0 bridgehead atoms. The molecule has 1 saturated carbocycles. The first kappa shape index (κ1) is 14.2. The predicted molar refractivity (Wildman–Crippen MR) is 81.1 cm³/mol. The predicted octanol–water partition coefficient (Wildman–Crippen LogP) is 3.94. The van der Waals surface area contributed by atoms with E-state index in [2.05, 4.69) is 43.6 Å². The normalized spacial score (nSPS) is 24.3. The zero-order valence-electron chi connectivity index (χ0n) is 12.4. The van der Waals surface area contributed by atoms with Crippen molar-refractivity contribution in [3.8, 4) is 11.5 Å². The van der Waals surface area contributed by atoms with Gasteiger partial charge in [-0.05, 0) is 28.5 Å². The molecular weight excluding hydrogens is 320 g/mol. The number of hydrogen-bond donors (Lipinski definition) is 1. The van der Waals surface area contributed by atoms with Gasteiger partial charge < -0.3 is 14.6 Å². The summed E-state index contributed by atoms with van der Waals surface area (Å²) in [5.41, 5.74) is 1.16. The van der Waals surface area contributed by atoms with Gasteiger partial charge in [0.2, 0.25) is 0 Å². The fourth-order valence-corrected chi connectivity index (χ4v) is 4.08. The zero-order valence-corrected chi connectivity index (χ0v) is 14.0. The van der Waals surface area contributed by atoms with Crippen LogP contribution in [0.4, 0.5) is 0 Å². The van der Waals surface area contributed by atoms with Crippen LogP contribution in [0.1, 0.15) is 39.4 Å². The molecule has 0 radical (unpaired) electrons. The molecule has 1 atom stereocenters. The van der Waals surface area contributed by atoms with Gasteiger partial charge >= 0.3 is 0 Å². The molecule has 1 fully saturated rings. The molecule has 1 aliphatic heterocycles. The smallest absolute Gasteiger partial charge is 0.162 e. The van der Waals surface area contributed by atoms with Crippen LogP contribution in [0, 0.1) is 16.7 Å². The Morgan fingerprint density at radius 1 is 1.10 bits per heavy atom. The highest BCUT2D eigenvalue weighted by Gasteiger charge is 2.67. The Labute approximate surface area is 128 Å². The van der Waals surface area contributed by atoms with E-state index in [1.165, 1.54) is 0 Å². The summed E-state index contributed by atoms with van der Waals surface area (Å²) in [7, 11) is 0. The van der Waals surface area contributed by atoms with Crippen molar-refractivity contribution < 1.29 is 14.6 Å². The van der Waals surface area contributed by atoms with Gasteiger partial charge in [0.15, 0.2) is 11.5 Å². The molecule has 0 saturated heterocycles. The van der Waals surface area contributed by atoms with E-state index in [1.807, 2.05) is 12.1 Å². The minimum Gasteiger partial charge on any atom is -0.486 e. The third-order valence-corrected chi connectivity index (χ3v) is 6.12. The maximum Gasteiger partial charge on any atom is 0.162 e. The molecule has 0 aromatic heterocycles. The van der Waals surface area contributed by atoms with E-state index in [4.69, 9.17) is 9.47 Å². The Kier molecular flexibility index (Phi) is 3.11. The number of hydrogen-bond acceptors (Lipinski definition) is 3. The molecule has 1 heterocycles. The number of aliphatic hydroxyl groups is 1. The molecule has 3 nitrogen and oxygen atoms in total. The third-order valence-electron chi connectivity index (χ3n) is 5.43. The molecule has 110 valence electrons. The van der Waals surface area contributed by atoms with Crippen molar-refractivity contribution in [1.29, 1.82) is 0 Å². The van der Waals surface area contributed by atoms with E-state index in [0.29, 0.717) is 13.2 Å². The number of halogens is 1. The standard InChI is InChI=1S/C16H21BrO3/c1-15(2)14(16(15,3)4)13(18)9-7-11-12(8-10(9)17)20-6-5-19-11/h7-8,13-14,18H,5-6H2,1-4H3. The molecule has 1 aromatic rings. The van der Waals surface area contributed by atoms with Crippen LogP contribution in [0.15, 0.2) is 16.6 Å². The second-order valence-electron chi connectivity index (χ2n) is 6.88. The molecule has 0 spiro atoms. The highest BCUT2D eigenvalue weighted by molar-refractivity contribution is 9.10. The van der Waals surface area contributed by atoms with E-state index in [9.17, 15) is 5.11 Å². The highest BCUT2D eigenvalue weighted by Crippen LogP contribution is 2.72. The van der Waals surface area contributed by atoms with Crippen molar-refractivity contribution in [2.75, 3.05) is 13.2 Å². The number of aliphatic hydroxyl groups excluding tert-OH is 1. The summed E-state index contributed by atoms with van der Waals surface area (Å²) in [5, 5.41) is 10.8.